The van der Waals surface area contributed by atoms with Gasteiger partial charge in [0.2, 0.25) is 11.8 Å². The third kappa shape index (κ3) is 3.48. The normalized spacial score (nSPS) is 14.9. The van der Waals surface area contributed by atoms with Crippen molar-refractivity contribution in [1.82, 2.24) is 29.1 Å². The molecule has 5 heterocycles. The summed E-state index contributed by atoms with van der Waals surface area (Å²) >= 11 is 0. The zero-order valence-electron chi connectivity index (χ0n) is 17.4. The first kappa shape index (κ1) is 19.4. The van der Waals surface area contributed by atoms with Crippen molar-refractivity contribution in [2.75, 3.05) is 18.5 Å². The van der Waals surface area contributed by atoms with E-state index in [0.717, 1.165) is 29.6 Å². The van der Waals surface area contributed by atoms with Gasteiger partial charge in [0.15, 0.2) is 5.65 Å². The van der Waals surface area contributed by atoms with Crippen molar-refractivity contribution < 1.29 is 9.15 Å². The van der Waals surface area contributed by atoms with Crippen LogP contribution in [-0.4, -0.2) is 42.3 Å². The van der Waals surface area contributed by atoms with Crippen LogP contribution in [0.4, 0.5) is 11.6 Å². The molecule has 31 heavy (non-hydrogen) atoms. The Morgan fingerprint density at radius 1 is 1.19 bits per heavy atom. The Hall–Kier alpha value is -3.53. The van der Waals surface area contributed by atoms with Gasteiger partial charge in [0, 0.05) is 25.8 Å². The number of anilines is 2. The number of fused-ring (bicyclic) bond motifs is 1. The van der Waals surface area contributed by atoms with Crippen molar-refractivity contribution in [3.63, 3.8) is 0 Å². The first-order chi connectivity index (χ1) is 15.2. The third-order valence-electron chi connectivity index (χ3n) is 5.59. The van der Waals surface area contributed by atoms with Crippen molar-refractivity contribution in [2.45, 2.75) is 39.3 Å². The van der Waals surface area contributed by atoms with Gasteiger partial charge in [-0.15, -0.1) is 0 Å². The predicted molar refractivity (Wildman–Crippen MR) is 114 cm³/mol. The molecule has 5 rings (SSSR count). The lowest BCUT2D eigenvalue weighted by atomic mass is 10.1. The van der Waals surface area contributed by atoms with Gasteiger partial charge in [-0.3, -0.25) is 9.13 Å². The molecular weight excluding hydrogens is 398 g/mol. The maximum atomic E-state index is 13.1. The maximum absolute atomic E-state index is 13.1. The summed E-state index contributed by atoms with van der Waals surface area (Å²) < 4.78 is 14.3. The number of ether oxygens (including phenoxy) is 1. The molecule has 0 unspecified atom stereocenters. The van der Waals surface area contributed by atoms with Crippen molar-refractivity contribution in [1.29, 1.82) is 0 Å². The van der Waals surface area contributed by atoms with Gasteiger partial charge in [-0.25, -0.2) is 19.7 Å². The number of aryl methyl sites for hydroxylation is 2. The molecule has 1 aliphatic rings. The average Bonchev–Trinajstić information content (AvgIpc) is 3.41. The van der Waals surface area contributed by atoms with E-state index in [1.807, 2.05) is 19.9 Å². The summed E-state index contributed by atoms with van der Waals surface area (Å²) in [5.74, 6) is 0.879. The van der Waals surface area contributed by atoms with Crippen molar-refractivity contribution >= 4 is 22.8 Å². The molecule has 4 aromatic rings. The highest BCUT2D eigenvalue weighted by Gasteiger charge is 2.24. The Balaban J connectivity index is 1.52. The molecule has 4 aromatic heterocycles. The molecule has 10 heteroatoms. The fraction of sp³-hybridized carbons (Fsp3) is 0.381. The van der Waals surface area contributed by atoms with Crippen LogP contribution in [0.25, 0.3) is 22.7 Å². The zero-order chi connectivity index (χ0) is 21.4. The Morgan fingerprint density at radius 3 is 2.74 bits per heavy atom. The van der Waals surface area contributed by atoms with Crippen LogP contribution >= 0.6 is 0 Å². The summed E-state index contributed by atoms with van der Waals surface area (Å²) in [6, 6.07) is 1.96. The molecule has 0 bridgehead atoms. The topological polar surface area (TPSA) is 113 Å². The lowest BCUT2D eigenvalue weighted by Gasteiger charge is -2.22. The fourth-order valence-electron chi connectivity index (χ4n) is 3.97. The summed E-state index contributed by atoms with van der Waals surface area (Å²) in [6.07, 6.45) is 8.09. The molecular formula is C21H23N7O3. The van der Waals surface area contributed by atoms with Gasteiger partial charge >= 0.3 is 5.69 Å². The van der Waals surface area contributed by atoms with Gasteiger partial charge < -0.3 is 14.5 Å². The number of imidazole rings is 1. The SMILES string of the molecule is CCn1c(=O)n(C2CCOCC2)c2nc(Nc3cnc(-c4ncco4)cc3C)ncc21. The molecule has 1 fully saturated rings. The van der Waals surface area contributed by atoms with Gasteiger partial charge in [-0.1, -0.05) is 0 Å². The summed E-state index contributed by atoms with van der Waals surface area (Å²) in [6.45, 7) is 5.76. The number of hydrogen-bond donors (Lipinski definition) is 1. The van der Waals surface area contributed by atoms with E-state index in [9.17, 15) is 4.79 Å². The van der Waals surface area contributed by atoms with Crippen LogP contribution < -0.4 is 11.0 Å². The molecule has 0 aromatic carbocycles. The van der Waals surface area contributed by atoms with E-state index < -0.39 is 0 Å². The van der Waals surface area contributed by atoms with E-state index in [4.69, 9.17) is 14.1 Å². The molecule has 1 saturated heterocycles. The molecule has 0 radical (unpaired) electrons. The van der Waals surface area contributed by atoms with Crippen LogP contribution in [0.5, 0.6) is 0 Å². The molecule has 1 N–H and O–H groups in total. The summed E-state index contributed by atoms with van der Waals surface area (Å²) in [7, 11) is 0. The minimum atomic E-state index is -0.0519. The molecule has 1 aliphatic heterocycles. The van der Waals surface area contributed by atoms with Crippen LogP contribution in [0.1, 0.15) is 31.4 Å². The highest BCUT2D eigenvalue weighted by atomic mass is 16.5. The van der Waals surface area contributed by atoms with Gasteiger partial charge in [0.25, 0.3) is 0 Å². The molecule has 0 atom stereocenters. The monoisotopic (exact) mass is 421 g/mol. The predicted octanol–water partition coefficient (Wildman–Crippen LogP) is 3.07. The molecule has 160 valence electrons. The number of nitrogens with zero attached hydrogens (tertiary/aromatic N) is 6. The third-order valence-corrected chi connectivity index (χ3v) is 5.59. The zero-order valence-corrected chi connectivity index (χ0v) is 17.4. The van der Waals surface area contributed by atoms with Gasteiger partial charge in [0.1, 0.15) is 17.5 Å². The largest absolute Gasteiger partial charge is 0.443 e. The Bertz CT molecular complexity index is 1270. The molecule has 0 amide bonds. The summed E-state index contributed by atoms with van der Waals surface area (Å²) in [4.78, 5) is 30.8. The summed E-state index contributed by atoms with van der Waals surface area (Å²) in [5.41, 5.74) is 3.68. The highest BCUT2D eigenvalue weighted by Crippen LogP contribution is 2.26. The second-order valence-corrected chi connectivity index (χ2v) is 7.49. The van der Waals surface area contributed by atoms with E-state index in [1.165, 1.54) is 6.26 Å². The summed E-state index contributed by atoms with van der Waals surface area (Å²) in [5, 5.41) is 3.23. The van der Waals surface area contributed by atoms with E-state index in [-0.39, 0.29) is 11.7 Å². The number of nitrogens with one attached hydrogen (secondary N) is 1. The standard InChI is InChI=1S/C21H23N7O3/c1-3-27-17-12-24-20(26-18(17)28(21(27)29)14-4-7-30-8-5-14)25-16-11-23-15(10-13(16)2)19-22-6-9-31-19/h6,9-12,14H,3-5,7-8H2,1-2H3,(H,24,25,26). The van der Waals surface area contributed by atoms with Crippen LogP contribution in [0.15, 0.2) is 40.1 Å². The minimum absolute atomic E-state index is 0.0519. The molecule has 0 aliphatic carbocycles. The number of aromatic nitrogens is 6. The molecule has 0 spiro atoms. The van der Waals surface area contributed by atoms with Crippen molar-refractivity contribution in [2.24, 2.45) is 0 Å². The smallest absolute Gasteiger partial charge is 0.330 e. The number of pyridine rings is 1. The minimum Gasteiger partial charge on any atom is -0.443 e. The second kappa shape index (κ2) is 7.95. The lowest BCUT2D eigenvalue weighted by molar-refractivity contribution is 0.0694. The van der Waals surface area contributed by atoms with Crippen LogP contribution in [0.3, 0.4) is 0 Å². The van der Waals surface area contributed by atoms with Gasteiger partial charge in [-0.05, 0) is 38.3 Å². The Morgan fingerprint density at radius 2 is 2.03 bits per heavy atom. The Labute approximate surface area is 177 Å². The van der Waals surface area contributed by atoms with Gasteiger partial charge in [0.05, 0.1) is 24.3 Å². The van der Waals surface area contributed by atoms with Crippen molar-refractivity contribution in [3.05, 3.63) is 47.0 Å². The average molecular weight is 421 g/mol. The first-order valence-electron chi connectivity index (χ1n) is 10.3. The second-order valence-electron chi connectivity index (χ2n) is 7.49. The van der Waals surface area contributed by atoms with Crippen molar-refractivity contribution in [3.8, 4) is 11.6 Å². The number of hydrogen-bond acceptors (Lipinski definition) is 8. The van der Waals surface area contributed by atoms with E-state index in [2.05, 4.69) is 20.3 Å². The lowest BCUT2D eigenvalue weighted by Crippen LogP contribution is -2.30. The molecule has 0 saturated carbocycles. The fourth-order valence-corrected chi connectivity index (χ4v) is 3.97. The van der Waals surface area contributed by atoms with Crippen LogP contribution in [-0.2, 0) is 11.3 Å². The van der Waals surface area contributed by atoms with Gasteiger partial charge in [-0.2, -0.15) is 4.98 Å². The first-order valence-corrected chi connectivity index (χ1v) is 10.3. The quantitative estimate of drug-likeness (QED) is 0.523. The molecule has 10 nitrogen and oxygen atoms in total. The Kier molecular flexibility index (Phi) is 4.99. The number of oxazole rings is 1. The highest BCUT2D eigenvalue weighted by molar-refractivity contribution is 5.73. The van der Waals surface area contributed by atoms with E-state index in [0.29, 0.717) is 42.9 Å². The maximum Gasteiger partial charge on any atom is 0.330 e. The van der Waals surface area contributed by atoms with Crippen LogP contribution in [0, 0.1) is 6.92 Å². The van der Waals surface area contributed by atoms with E-state index >= 15 is 0 Å². The van der Waals surface area contributed by atoms with Crippen LogP contribution in [0.2, 0.25) is 0 Å². The van der Waals surface area contributed by atoms with E-state index in [1.54, 1.807) is 27.7 Å². The number of rotatable bonds is 5.